The van der Waals surface area contributed by atoms with Crippen molar-refractivity contribution in [1.82, 2.24) is 14.1 Å². The molecule has 3 nitrogen and oxygen atoms in total. The van der Waals surface area contributed by atoms with Gasteiger partial charge in [-0.05, 0) is 76.9 Å². The molecule has 0 atom stereocenters. The zero-order valence-corrected chi connectivity index (χ0v) is 33.9. The smallest absolute Gasteiger partial charge is 0.0715 e. The minimum Gasteiger partial charge on any atom is -0.309 e. The van der Waals surface area contributed by atoms with Gasteiger partial charge < -0.3 is 9.13 Å². The normalized spacial score (nSPS) is 11.5. The van der Waals surface area contributed by atoms with Crippen LogP contribution in [-0.4, -0.2) is 14.1 Å². The first-order valence-corrected chi connectivity index (χ1v) is 21.2. The first kappa shape index (κ1) is 35.7. The first-order chi connectivity index (χ1) is 30.8. The lowest BCUT2D eigenvalue weighted by Gasteiger charge is -2.19. The summed E-state index contributed by atoms with van der Waals surface area (Å²) in [7, 11) is 0. The molecule has 3 heterocycles. The lowest BCUT2D eigenvalue weighted by atomic mass is 9.89. The predicted octanol–water partition coefficient (Wildman–Crippen LogP) is 15.6. The number of hydrogen-bond donors (Lipinski definition) is 0. The van der Waals surface area contributed by atoms with Gasteiger partial charge in [-0.2, -0.15) is 0 Å². The van der Waals surface area contributed by atoms with Crippen LogP contribution >= 0.6 is 0 Å². The zero-order valence-electron chi connectivity index (χ0n) is 33.9. The van der Waals surface area contributed by atoms with E-state index in [0.717, 1.165) is 61.6 Å². The van der Waals surface area contributed by atoms with Crippen LogP contribution in [-0.2, 0) is 0 Å². The standard InChI is InChI=1S/C59H39N3/c1-6-21-40(22-7-1)45-38-50(41-23-8-2-9-24-41)60-51(39-45)43-27-20-28-44(37-43)55-57-49-34-17-19-36-53(49)61(46-29-12-4-13-30-46)58(57)54(42-25-10-3-11-26-42)56-48-33-16-18-35-52(48)62(59(55)56)47-31-14-5-15-32-47/h1-39H. The van der Waals surface area contributed by atoms with Crippen molar-refractivity contribution in [3.8, 4) is 67.3 Å². The molecule has 62 heavy (non-hydrogen) atoms. The third kappa shape index (κ3) is 5.78. The summed E-state index contributed by atoms with van der Waals surface area (Å²) in [5.74, 6) is 0. The SMILES string of the molecule is c1ccc(-c2cc(-c3ccccc3)nc(-c3cccc(-c4c5c6ccccc6n(-c6ccccc6)c5c(-c5ccccc5)c5c6ccccc6n(-c6ccccc6)c45)c3)c2)cc1. The molecular formula is C59H39N3. The highest BCUT2D eigenvalue weighted by atomic mass is 15.0. The molecule has 3 aromatic heterocycles. The average molecular weight is 790 g/mol. The van der Waals surface area contributed by atoms with E-state index in [9.17, 15) is 0 Å². The molecular weight excluding hydrogens is 751 g/mol. The highest BCUT2D eigenvalue weighted by Gasteiger charge is 2.29. The van der Waals surface area contributed by atoms with Crippen LogP contribution in [0.4, 0.5) is 0 Å². The Morgan fingerprint density at radius 1 is 0.274 bits per heavy atom. The Hall–Kier alpha value is -8.27. The maximum atomic E-state index is 5.40. The second kappa shape index (κ2) is 14.8. The number of aromatic nitrogens is 3. The summed E-state index contributed by atoms with van der Waals surface area (Å²) < 4.78 is 4.99. The van der Waals surface area contributed by atoms with E-state index in [1.807, 2.05) is 0 Å². The van der Waals surface area contributed by atoms with Crippen molar-refractivity contribution in [2.45, 2.75) is 0 Å². The first-order valence-electron chi connectivity index (χ1n) is 21.2. The Morgan fingerprint density at radius 2 is 0.661 bits per heavy atom. The van der Waals surface area contributed by atoms with Crippen molar-refractivity contribution in [2.24, 2.45) is 0 Å². The number of nitrogens with zero attached hydrogens (tertiary/aromatic N) is 3. The van der Waals surface area contributed by atoms with E-state index in [2.05, 4.69) is 246 Å². The summed E-state index contributed by atoms with van der Waals surface area (Å²) in [5, 5.41) is 4.84. The van der Waals surface area contributed by atoms with Crippen molar-refractivity contribution in [2.75, 3.05) is 0 Å². The van der Waals surface area contributed by atoms with Crippen LogP contribution in [0, 0.1) is 0 Å². The summed E-state index contributed by atoms with van der Waals surface area (Å²) in [6.07, 6.45) is 0. The molecule has 0 aliphatic carbocycles. The van der Waals surface area contributed by atoms with E-state index >= 15 is 0 Å². The van der Waals surface area contributed by atoms with E-state index in [0.29, 0.717) is 0 Å². The molecule has 0 radical (unpaired) electrons. The molecule has 3 heteroatoms. The minimum absolute atomic E-state index is 0.927. The van der Waals surface area contributed by atoms with Gasteiger partial charge in [-0.1, -0.05) is 182 Å². The van der Waals surface area contributed by atoms with Crippen LogP contribution < -0.4 is 0 Å². The van der Waals surface area contributed by atoms with Gasteiger partial charge in [-0.25, -0.2) is 4.98 Å². The van der Waals surface area contributed by atoms with Crippen LogP contribution in [0.5, 0.6) is 0 Å². The van der Waals surface area contributed by atoms with Crippen molar-refractivity contribution < 1.29 is 0 Å². The number of fused-ring (bicyclic) bond motifs is 6. The second-order valence-corrected chi connectivity index (χ2v) is 15.9. The summed E-state index contributed by atoms with van der Waals surface area (Å²) in [6.45, 7) is 0. The molecule has 9 aromatic carbocycles. The average Bonchev–Trinajstić information content (AvgIpc) is 3.88. The van der Waals surface area contributed by atoms with E-state index in [1.54, 1.807) is 0 Å². The quantitative estimate of drug-likeness (QED) is 0.158. The number of pyridine rings is 1. The van der Waals surface area contributed by atoms with Gasteiger partial charge in [0.05, 0.1) is 33.5 Å². The molecule has 0 saturated heterocycles. The fraction of sp³-hybridized carbons (Fsp3) is 0. The molecule has 0 saturated carbocycles. The summed E-state index contributed by atoms with van der Waals surface area (Å²) >= 11 is 0. The van der Waals surface area contributed by atoms with Crippen LogP contribution in [0.2, 0.25) is 0 Å². The maximum absolute atomic E-state index is 5.40. The van der Waals surface area contributed by atoms with Gasteiger partial charge in [-0.3, -0.25) is 0 Å². The van der Waals surface area contributed by atoms with E-state index in [4.69, 9.17) is 4.98 Å². The molecule has 0 spiro atoms. The lowest BCUT2D eigenvalue weighted by Crippen LogP contribution is -1.99. The second-order valence-electron chi connectivity index (χ2n) is 15.9. The largest absolute Gasteiger partial charge is 0.309 e. The summed E-state index contributed by atoms with van der Waals surface area (Å²) in [6, 6.07) is 85.2. The van der Waals surface area contributed by atoms with E-state index in [1.165, 1.54) is 49.3 Å². The van der Waals surface area contributed by atoms with Crippen molar-refractivity contribution >= 4 is 43.6 Å². The topological polar surface area (TPSA) is 22.8 Å². The van der Waals surface area contributed by atoms with Gasteiger partial charge in [0, 0.05) is 55.2 Å². The summed E-state index contributed by atoms with van der Waals surface area (Å²) in [4.78, 5) is 5.40. The van der Waals surface area contributed by atoms with Gasteiger partial charge >= 0.3 is 0 Å². The molecule has 0 fully saturated rings. The molecule has 0 unspecified atom stereocenters. The van der Waals surface area contributed by atoms with Gasteiger partial charge in [-0.15, -0.1) is 0 Å². The lowest BCUT2D eigenvalue weighted by molar-refractivity contribution is 1.17. The molecule has 290 valence electrons. The molecule has 0 N–H and O–H groups in total. The van der Waals surface area contributed by atoms with Crippen LogP contribution in [0.15, 0.2) is 237 Å². The van der Waals surface area contributed by atoms with Crippen LogP contribution in [0.3, 0.4) is 0 Å². The van der Waals surface area contributed by atoms with Gasteiger partial charge in [0.25, 0.3) is 0 Å². The van der Waals surface area contributed by atoms with Crippen molar-refractivity contribution in [3.05, 3.63) is 237 Å². The fourth-order valence-corrected chi connectivity index (χ4v) is 9.62. The molecule has 12 rings (SSSR count). The monoisotopic (exact) mass is 789 g/mol. The third-order valence-corrected chi connectivity index (χ3v) is 12.3. The third-order valence-electron chi connectivity index (χ3n) is 12.3. The maximum Gasteiger partial charge on any atom is 0.0715 e. The van der Waals surface area contributed by atoms with Gasteiger partial charge in [0.15, 0.2) is 0 Å². The highest BCUT2D eigenvalue weighted by molar-refractivity contribution is 6.33. The number of hydrogen-bond acceptors (Lipinski definition) is 1. The van der Waals surface area contributed by atoms with E-state index in [-0.39, 0.29) is 0 Å². The Bertz CT molecular complexity index is 3520. The fourth-order valence-electron chi connectivity index (χ4n) is 9.62. The van der Waals surface area contributed by atoms with Crippen molar-refractivity contribution in [3.63, 3.8) is 0 Å². The Balaban J connectivity index is 1.27. The molecule has 0 amide bonds. The predicted molar refractivity (Wildman–Crippen MR) is 260 cm³/mol. The summed E-state index contributed by atoms with van der Waals surface area (Å²) in [5.41, 5.74) is 17.9. The number of para-hydroxylation sites is 4. The minimum atomic E-state index is 0.927. The number of rotatable bonds is 7. The van der Waals surface area contributed by atoms with Gasteiger partial charge in [0.1, 0.15) is 0 Å². The molecule has 0 bridgehead atoms. The Morgan fingerprint density at radius 3 is 1.19 bits per heavy atom. The number of benzene rings is 9. The van der Waals surface area contributed by atoms with Gasteiger partial charge in [0.2, 0.25) is 0 Å². The molecule has 0 aliphatic rings. The highest BCUT2D eigenvalue weighted by Crippen LogP contribution is 2.52. The Kier molecular flexibility index (Phi) is 8.50. The van der Waals surface area contributed by atoms with Crippen molar-refractivity contribution in [1.29, 1.82) is 0 Å². The molecule has 0 aliphatic heterocycles. The van der Waals surface area contributed by atoms with E-state index < -0.39 is 0 Å². The van der Waals surface area contributed by atoms with Crippen LogP contribution in [0.25, 0.3) is 111 Å². The van der Waals surface area contributed by atoms with Crippen LogP contribution in [0.1, 0.15) is 0 Å². The zero-order chi connectivity index (χ0) is 41.0. The Labute approximate surface area is 360 Å². The molecule has 12 aromatic rings.